The van der Waals surface area contributed by atoms with E-state index in [2.05, 4.69) is 0 Å². The van der Waals surface area contributed by atoms with Gasteiger partial charge in [-0.15, -0.1) is 22.2 Å². The molecule has 0 aliphatic rings. The van der Waals surface area contributed by atoms with Gasteiger partial charge in [-0.3, -0.25) is 0 Å². The summed E-state index contributed by atoms with van der Waals surface area (Å²) in [6, 6.07) is -0.101. The first-order valence-electron chi connectivity index (χ1n) is 3.26. The van der Waals surface area contributed by atoms with E-state index in [-0.39, 0.29) is 6.04 Å². The fourth-order valence-corrected chi connectivity index (χ4v) is 2.42. The molecule has 6 heteroatoms. The van der Waals surface area contributed by atoms with Crippen LogP contribution in [0.3, 0.4) is 0 Å². The Morgan fingerprint density at radius 1 is 1.27 bits per heavy atom. The highest BCUT2D eigenvalue weighted by atomic mass is 35.7. The molecule has 0 bridgehead atoms. The summed E-state index contributed by atoms with van der Waals surface area (Å²) in [6.45, 7) is -2.18. The van der Waals surface area contributed by atoms with Gasteiger partial charge in [0.2, 0.25) is 0 Å². The molecule has 0 aliphatic heterocycles. The second-order valence-electron chi connectivity index (χ2n) is 2.31. The van der Waals surface area contributed by atoms with E-state index in [9.17, 15) is 13.2 Å². The molecule has 68 valence electrons. The van der Waals surface area contributed by atoms with Gasteiger partial charge in [0.25, 0.3) is 0 Å². The Hall–Kier alpha value is 0.587. The van der Waals surface area contributed by atoms with Gasteiger partial charge >= 0.3 is 12.5 Å². The monoisotopic (exact) mass is 224 g/mol. The van der Waals surface area contributed by atoms with Gasteiger partial charge in [0.15, 0.2) is 0 Å². The zero-order chi connectivity index (χ0) is 9.12. The molecule has 0 aliphatic carbocycles. The van der Waals surface area contributed by atoms with E-state index >= 15 is 0 Å². The Balaban J connectivity index is 4.00. The molecule has 0 radical (unpaired) electrons. The highest BCUT2D eigenvalue weighted by Crippen LogP contribution is 2.39. The molecule has 0 rings (SSSR count). The van der Waals surface area contributed by atoms with Crippen molar-refractivity contribution in [2.45, 2.75) is 31.6 Å². The summed E-state index contributed by atoms with van der Waals surface area (Å²) in [4.78, 5) is 0. The highest BCUT2D eigenvalue weighted by Gasteiger charge is 2.55. The molecule has 0 aromatic carbocycles. The zero-order valence-electron chi connectivity index (χ0n) is 6.01. The Bertz CT molecular complexity index is 123. The standard InChI is InChI=1S/C5H9Cl2F3Si/c1-2-3-4-11(6,7)5(8,9)10/h2-4H2,1H3. The first kappa shape index (κ1) is 11.6. The number of hydrogen-bond donors (Lipinski definition) is 0. The molecule has 0 saturated heterocycles. The van der Waals surface area contributed by atoms with E-state index in [4.69, 9.17) is 22.2 Å². The van der Waals surface area contributed by atoms with Gasteiger partial charge in [0, 0.05) is 0 Å². The van der Waals surface area contributed by atoms with Crippen LogP contribution in [-0.2, 0) is 0 Å². The Labute approximate surface area is 74.1 Å². The van der Waals surface area contributed by atoms with Crippen LogP contribution in [0.5, 0.6) is 0 Å². The van der Waals surface area contributed by atoms with Crippen molar-refractivity contribution < 1.29 is 13.2 Å². The topological polar surface area (TPSA) is 0 Å². The minimum Gasteiger partial charge on any atom is -0.173 e. The third kappa shape index (κ3) is 3.67. The molecule has 11 heavy (non-hydrogen) atoms. The van der Waals surface area contributed by atoms with Crippen molar-refractivity contribution >= 4 is 28.9 Å². The second kappa shape index (κ2) is 4.01. The minimum absolute atomic E-state index is 0.101. The summed E-state index contributed by atoms with van der Waals surface area (Å²) in [5.41, 5.74) is 0. The largest absolute Gasteiger partial charge is 0.393 e. The van der Waals surface area contributed by atoms with Crippen LogP contribution in [-0.4, -0.2) is 12.5 Å². The van der Waals surface area contributed by atoms with Crippen molar-refractivity contribution in [2.24, 2.45) is 0 Å². The summed E-state index contributed by atoms with van der Waals surface area (Å²) >= 11 is 10.3. The average Bonchev–Trinajstić information content (AvgIpc) is 1.81. The molecule has 0 amide bonds. The predicted molar refractivity (Wildman–Crippen MR) is 43.2 cm³/mol. The molecule has 0 spiro atoms. The van der Waals surface area contributed by atoms with E-state index in [1.54, 1.807) is 6.92 Å². The summed E-state index contributed by atoms with van der Waals surface area (Å²) in [6.07, 6.45) is 1.13. The molecule has 0 aromatic heterocycles. The van der Waals surface area contributed by atoms with Gasteiger partial charge in [0.05, 0.1) is 0 Å². The summed E-state index contributed by atoms with van der Waals surface area (Å²) in [7, 11) is 0. The molecule has 0 heterocycles. The number of rotatable bonds is 3. The molecular formula is C5H9Cl2F3Si. The Morgan fingerprint density at radius 3 is 2.00 bits per heavy atom. The Morgan fingerprint density at radius 2 is 1.73 bits per heavy atom. The van der Waals surface area contributed by atoms with Gasteiger partial charge in [-0.25, -0.2) is 0 Å². The summed E-state index contributed by atoms with van der Waals surface area (Å²) in [5.74, 6) is -4.38. The van der Waals surface area contributed by atoms with Crippen molar-refractivity contribution in [1.82, 2.24) is 0 Å². The number of hydrogen-bond acceptors (Lipinski definition) is 0. The fourth-order valence-electron chi connectivity index (χ4n) is 0.541. The maximum atomic E-state index is 12.0. The van der Waals surface area contributed by atoms with Crippen LogP contribution in [0.2, 0.25) is 6.04 Å². The summed E-state index contributed by atoms with van der Waals surface area (Å²) < 4.78 is 35.9. The zero-order valence-corrected chi connectivity index (χ0v) is 8.52. The van der Waals surface area contributed by atoms with Gasteiger partial charge in [-0.1, -0.05) is 19.8 Å². The molecule has 0 atom stereocenters. The van der Waals surface area contributed by atoms with Crippen molar-refractivity contribution in [3.05, 3.63) is 0 Å². The van der Waals surface area contributed by atoms with Crippen LogP contribution in [0.15, 0.2) is 0 Å². The van der Waals surface area contributed by atoms with Crippen LogP contribution < -0.4 is 0 Å². The minimum atomic E-state index is -4.38. The smallest absolute Gasteiger partial charge is 0.173 e. The van der Waals surface area contributed by atoms with Gasteiger partial charge < -0.3 is 0 Å². The molecule has 0 fully saturated rings. The van der Waals surface area contributed by atoms with Gasteiger partial charge in [0.1, 0.15) is 0 Å². The lowest BCUT2D eigenvalue weighted by molar-refractivity contribution is -0.0511. The summed E-state index contributed by atoms with van der Waals surface area (Å²) in [5, 5.41) is 0. The van der Waals surface area contributed by atoms with Gasteiger partial charge in [-0.05, 0) is 6.04 Å². The number of halogens is 5. The maximum Gasteiger partial charge on any atom is 0.393 e. The van der Waals surface area contributed by atoms with E-state index in [1.807, 2.05) is 0 Å². The lowest BCUT2D eigenvalue weighted by Crippen LogP contribution is -2.39. The Kier molecular flexibility index (Phi) is 4.22. The van der Waals surface area contributed by atoms with Crippen molar-refractivity contribution in [3.63, 3.8) is 0 Å². The maximum absolute atomic E-state index is 12.0. The van der Waals surface area contributed by atoms with E-state index in [1.165, 1.54) is 0 Å². The first-order valence-corrected chi connectivity index (χ1v) is 7.49. The van der Waals surface area contributed by atoms with Crippen molar-refractivity contribution in [1.29, 1.82) is 0 Å². The van der Waals surface area contributed by atoms with E-state index < -0.39 is 12.5 Å². The lowest BCUT2D eigenvalue weighted by Gasteiger charge is -2.19. The first-order chi connectivity index (χ1) is 4.81. The van der Waals surface area contributed by atoms with Gasteiger partial charge in [-0.2, -0.15) is 13.2 Å². The molecule has 0 N–H and O–H groups in total. The number of unbranched alkanes of at least 4 members (excludes halogenated alkanes) is 1. The quantitative estimate of drug-likeness (QED) is 0.506. The van der Waals surface area contributed by atoms with Crippen LogP contribution >= 0.6 is 22.2 Å². The lowest BCUT2D eigenvalue weighted by atomic mass is 10.4. The predicted octanol–water partition coefficient (Wildman–Crippen LogP) is 3.81. The van der Waals surface area contributed by atoms with E-state index in [0.29, 0.717) is 12.8 Å². The molecule has 0 saturated carbocycles. The van der Waals surface area contributed by atoms with Crippen molar-refractivity contribution in [3.8, 4) is 0 Å². The van der Waals surface area contributed by atoms with Crippen molar-refractivity contribution in [2.75, 3.05) is 0 Å². The second-order valence-corrected chi connectivity index (χ2v) is 9.23. The van der Waals surface area contributed by atoms with Crippen LogP contribution in [0.25, 0.3) is 0 Å². The third-order valence-electron chi connectivity index (χ3n) is 1.26. The average molecular weight is 225 g/mol. The highest BCUT2D eigenvalue weighted by molar-refractivity contribution is 7.46. The SMILES string of the molecule is CCCC[Si](Cl)(Cl)C(F)(F)F. The molecule has 0 unspecified atom stereocenters. The van der Waals surface area contributed by atoms with Crippen LogP contribution in [0.4, 0.5) is 13.2 Å². The number of alkyl halides is 3. The van der Waals surface area contributed by atoms with Crippen LogP contribution in [0.1, 0.15) is 19.8 Å². The third-order valence-corrected chi connectivity index (χ3v) is 5.49. The molecule has 0 aromatic rings. The molecule has 0 nitrogen and oxygen atoms in total. The molecular weight excluding hydrogens is 216 g/mol. The normalized spacial score (nSPS) is 13.6. The fraction of sp³-hybridized carbons (Fsp3) is 1.00. The van der Waals surface area contributed by atoms with Crippen LogP contribution in [0, 0.1) is 0 Å². The van der Waals surface area contributed by atoms with E-state index in [0.717, 1.165) is 0 Å².